The second-order valence-corrected chi connectivity index (χ2v) is 6.08. The summed E-state index contributed by atoms with van der Waals surface area (Å²) in [7, 11) is -3.48. The van der Waals surface area contributed by atoms with Gasteiger partial charge < -0.3 is 0 Å². The van der Waals surface area contributed by atoms with Gasteiger partial charge in [-0.15, -0.1) is 9.19 Å². The maximum atomic E-state index is 13.2. The van der Waals surface area contributed by atoms with Crippen molar-refractivity contribution in [3.8, 4) is 11.3 Å². The highest BCUT2D eigenvalue weighted by atomic mass is 79.9. The molecule has 0 amide bonds. The molecule has 1 aromatic heterocycles. The number of rotatable bonds is 3. The summed E-state index contributed by atoms with van der Waals surface area (Å²) in [5, 5.41) is 7.77. The van der Waals surface area contributed by atoms with Crippen LogP contribution in [0.3, 0.4) is 0 Å². The summed E-state index contributed by atoms with van der Waals surface area (Å²) in [6, 6.07) is 4.24. The number of benzene rings is 1. The Morgan fingerprint density at radius 2 is 2.17 bits per heavy atom. The third-order valence-electron chi connectivity index (χ3n) is 2.30. The average molecular weight is 334 g/mol. The standard InChI is InChI=1S/C10H9BrFN3O2S/c1-18(16,17)15-6-10(13-14-15)9-4-8(12)3-2-7(9)5-11/h2-4,6H,5H2,1H3. The highest BCUT2D eigenvalue weighted by molar-refractivity contribution is 9.08. The first-order chi connectivity index (χ1) is 8.41. The molecule has 0 spiro atoms. The van der Waals surface area contributed by atoms with Gasteiger partial charge in [0.2, 0.25) is 0 Å². The lowest BCUT2D eigenvalue weighted by Crippen LogP contribution is -2.10. The number of hydrogen-bond donors (Lipinski definition) is 0. The monoisotopic (exact) mass is 333 g/mol. The van der Waals surface area contributed by atoms with E-state index in [2.05, 4.69) is 26.2 Å². The number of halogens is 2. The molecule has 1 heterocycles. The van der Waals surface area contributed by atoms with Crippen molar-refractivity contribution >= 4 is 26.0 Å². The highest BCUT2D eigenvalue weighted by Gasteiger charge is 2.13. The minimum atomic E-state index is -3.48. The van der Waals surface area contributed by atoms with Crippen LogP contribution in [0.4, 0.5) is 4.39 Å². The zero-order chi connectivity index (χ0) is 13.3. The first-order valence-corrected chi connectivity index (χ1v) is 7.86. The molecule has 5 nitrogen and oxygen atoms in total. The van der Waals surface area contributed by atoms with E-state index in [1.165, 1.54) is 18.3 Å². The molecule has 0 N–H and O–H groups in total. The van der Waals surface area contributed by atoms with E-state index < -0.39 is 15.8 Å². The van der Waals surface area contributed by atoms with Crippen LogP contribution >= 0.6 is 15.9 Å². The minimum absolute atomic E-state index is 0.314. The molecule has 0 aliphatic rings. The fraction of sp³-hybridized carbons (Fsp3) is 0.200. The molecule has 0 fully saturated rings. The molecule has 2 aromatic rings. The quantitative estimate of drug-likeness (QED) is 0.803. The van der Waals surface area contributed by atoms with E-state index in [4.69, 9.17) is 0 Å². The van der Waals surface area contributed by atoms with Gasteiger partial charge in [-0.25, -0.2) is 12.8 Å². The third kappa shape index (κ3) is 2.59. The Bertz CT molecular complexity index is 684. The number of hydrogen-bond acceptors (Lipinski definition) is 4. The summed E-state index contributed by atoms with van der Waals surface area (Å²) in [6.45, 7) is 0. The maximum Gasteiger partial charge on any atom is 0.252 e. The van der Waals surface area contributed by atoms with Gasteiger partial charge in [0.15, 0.2) is 0 Å². The summed E-state index contributed by atoms with van der Waals surface area (Å²) in [4.78, 5) is 0. The van der Waals surface area contributed by atoms with Gasteiger partial charge in [-0.3, -0.25) is 0 Å². The summed E-state index contributed by atoms with van der Waals surface area (Å²) >= 11 is 3.28. The van der Waals surface area contributed by atoms with Crippen LogP contribution in [0.2, 0.25) is 0 Å². The first kappa shape index (κ1) is 13.2. The highest BCUT2D eigenvalue weighted by Crippen LogP contribution is 2.24. The fourth-order valence-electron chi connectivity index (χ4n) is 1.44. The summed E-state index contributed by atoms with van der Waals surface area (Å²) in [6.07, 6.45) is 2.28. The largest absolute Gasteiger partial charge is 0.252 e. The van der Waals surface area contributed by atoms with Gasteiger partial charge in [-0.05, 0) is 17.7 Å². The zero-order valence-electron chi connectivity index (χ0n) is 9.34. The molecular formula is C10H9BrFN3O2S. The Kier molecular flexibility index (Phi) is 3.49. The molecule has 0 saturated carbocycles. The van der Waals surface area contributed by atoms with Crippen LogP contribution in [0, 0.1) is 5.82 Å². The molecule has 1 aromatic carbocycles. The van der Waals surface area contributed by atoms with E-state index in [-0.39, 0.29) is 0 Å². The van der Waals surface area contributed by atoms with Crippen molar-refractivity contribution in [2.45, 2.75) is 5.33 Å². The first-order valence-electron chi connectivity index (χ1n) is 4.89. The van der Waals surface area contributed by atoms with Crippen molar-refractivity contribution in [1.82, 2.24) is 14.4 Å². The zero-order valence-corrected chi connectivity index (χ0v) is 11.7. The van der Waals surface area contributed by atoms with E-state index in [1.807, 2.05) is 0 Å². The predicted molar refractivity (Wildman–Crippen MR) is 68.3 cm³/mol. The van der Waals surface area contributed by atoms with E-state index in [0.717, 1.165) is 15.9 Å². The van der Waals surface area contributed by atoms with Crippen LogP contribution < -0.4 is 0 Å². The molecule has 0 bridgehead atoms. The Balaban J connectivity index is 2.55. The molecule has 96 valence electrons. The smallest absolute Gasteiger partial charge is 0.207 e. The van der Waals surface area contributed by atoms with Gasteiger partial charge in [-0.2, -0.15) is 0 Å². The molecule has 8 heteroatoms. The van der Waals surface area contributed by atoms with Crippen molar-refractivity contribution in [3.05, 3.63) is 35.8 Å². The molecule has 0 radical (unpaired) electrons. The van der Waals surface area contributed by atoms with Crippen molar-refractivity contribution in [1.29, 1.82) is 0 Å². The second kappa shape index (κ2) is 4.77. The van der Waals surface area contributed by atoms with Crippen LogP contribution in [-0.2, 0) is 15.4 Å². The van der Waals surface area contributed by atoms with E-state index in [9.17, 15) is 12.8 Å². The van der Waals surface area contributed by atoms with Crippen LogP contribution in [-0.4, -0.2) is 29.1 Å². The lowest BCUT2D eigenvalue weighted by molar-refractivity contribution is 0.583. The third-order valence-corrected chi connectivity index (χ3v) is 3.77. The molecule has 0 aliphatic heterocycles. The Morgan fingerprint density at radius 3 is 2.72 bits per heavy atom. The average Bonchev–Trinajstić information content (AvgIpc) is 2.77. The summed E-state index contributed by atoms with van der Waals surface area (Å²) < 4.78 is 36.5. The van der Waals surface area contributed by atoms with Gasteiger partial charge >= 0.3 is 0 Å². The maximum absolute atomic E-state index is 13.2. The minimum Gasteiger partial charge on any atom is -0.207 e. The molecule has 18 heavy (non-hydrogen) atoms. The van der Waals surface area contributed by atoms with Gasteiger partial charge in [0.25, 0.3) is 10.0 Å². The molecule has 0 saturated heterocycles. The summed E-state index contributed by atoms with van der Waals surface area (Å²) in [5.41, 5.74) is 1.63. The topological polar surface area (TPSA) is 64.8 Å². The van der Waals surface area contributed by atoms with Crippen molar-refractivity contribution in [3.63, 3.8) is 0 Å². The molecule has 0 atom stereocenters. The van der Waals surface area contributed by atoms with Crippen molar-refractivity contribution in [2.75, 3.05) is 6.26 Å². The normalized spacial score (nSPS) is 11.7. The molecule has 0 unspecified atom stereocenters. The van der Waals surface area contributed by atoms with Gasteiger partial charge in [0.05, 0.1) is 12.5 Å². The van der Waals surface area contributed by atoms with Gasteiger partial charge in [0.1, 0.15) is 11.5 Å². The number of nitrogens with zero attached hydrogens (tertiary/aromatic N) is 3. The van der Waals surface area contributed by atoms with E-state index in [1.54, 1.807) is 6.07 Å². The lowest BCUT2D eigenvalue weighted by Gasteiger charge is -2.03. The van der Waals surface area contributed by atoms with Gasteiger partial charge in [0, 0.05) is 10.9 Å². The molecule has 0 aliphatic carbocycles. The fourth-order valence-corrected chi connectivity index (χ4v) is 2.39. The van der Waals surface area contributed by atoms with Crippen LogP contribution in [0.15, 0.2) is 24.4 Å². The number of aromatic nitrogens is 3. The number of alkyl halides is 1. The second-order valence-electron chi connectivity index (χ2n) is 3.67. The molecular weight excluding hydrogens is 325 g/mol. The van der Waals surface area contributed by atoms with Crippen LogP contribution in [0.1, 0.15) is 5.56 Å². The SMILES string of the molecule is CS(=O)(=O)n1cc(-c2cc(F)ccc2CBr)nn1. The lowest BCUT2D eigenvalue weighted by atomic mass is 10.1. The van der Waals surface area contributed by atoms with Crippen LogP contribution in [0.5, 0.6) is 0 Å². The van der Waals surface area contributed by atoms with E-state index >= 15 is 0 Å². The Hall–Kier alpha value is -1.28. The van der Waals surface area contributed by atoms with Crippen molar-refractivity contribution in [2.24, 2.45) is 0 Å². The molecule has 2 rings (SSSR count). The summed E-state index contributed by atoms with van der Waals surface area (Å²) in [5.74, 6) is -0.413. The Labute approximate surface area is 112 Å². The van der Waals surface area contributed by atoms with Crippen LogP contribution in [0.25, 0.3) is 11.3 Å². The van der Waals surface area contributed by atoms with Gasteiger partial charge in [-0.1, -0.05) is 27.2 Å². The predicted octanol–water partition coefficient (Wildman–Crippen LogP) is 1.79. The Morgan fingerprint density at radius 1 is 1.44 bits per heavy atom. The van der Waals surface area contributed by atoms with Crippen molar-refractivity contribution < 1.29 is 12.8 Å². The van der Waals surface area contributed by atoms with E-state index in [0.29, 0.717) is 16.6 Å².